The third-order valence-corrected chi connectivity index (χ3v) is 7.61. The molecule has 0 radical (unpaired) electrons. The maximum absolute atomic E-state index is 12.7. The van der Waals surface area contributed by atoms with Crippen molar-refractivity contribution < 1.29 is 0 Å². The van der Waals surface area contributed by atoms with Gasteiger partial charge in [-0.15, -0.1) is 10.2 Å². The minimum absolute atomic E-state index is 0.0189. The molecule has 10 heteroatoms. The maximum Gasteiger partial charge on any atom is 0.261 e. The molecule has 0 N–H and O–H groups in total. The van der Waals surface area contributed by atoms with Crippen molar-refractivity contribution in [2.75, 3.05) is 19.6 Å². The minimum atomic E-state index is 0.0189. The van der Waals surface area contributed by atoms with Crippen LogP contribution in [0.15, 0.2) is 59.7 Å². The van der Waals surface area contributed by atoms with Gasteiger partial charge in [-0.2, -0.15) is 9.61 Å². The van der Waals surface area contributed by atoms with Gasteiger partial charge in [0.05, 0.1) is 17.2 Å². The van der Waals surface area contributed by atoms with Crippen LogP contribution in [0.3, 0.4) is 0 Å². The molecule has 34 heavy (non-hydrogen) atoms. The molecule has 1 saturated heterocycles. The first-order chi connectivity index (χ1) is 16.7. The largest absolute Gasteiger partial charge is 0.302 e. The van der Waals surface area contributed by atoms with Crippen molar-refractivity contribution >= 4 is 38.8 Å². The molecule has 0 unspecified atom stereocenters. The minimum Gasteiger partial charge on any atom is -0.302 e. The van der Waals surface area contributed by atoms with Crippen LogP contribution in [0.2, 0.25) is 5.02 Å². The van der Waals surface area contributed by atoms with Gasteiger partial charge in [-0.3, -0.25) is 9.36 Å². The molecule has 0 saturated carbocycles. The number of aromatic nitrogens is 6. The second kappa shape index (κ2) is 8.90. The SMILES string of the molecule is O=c1c2ccccc2ncn1CCN1CCC(c2nnc3sc(-c4cccc(Cl)c4)nn23)CC1. The lowest BCUT2D eigenvalue weighted by Crippen LogP contribution is -2.37. The molecule has 5 aromatic rings. The standard InChI is InChI=1S/C24H22ClN7OS/c25-18-5-3-4-17(14-18)22-29-32-21(27-28-24(32)34-22)16-8-10-30(11-9-16)12-13-31-15-26-20-7-2-1-6-19(20)23(31)33/h1-7,14-16H,8-13H2. The maximum atomic E-state index is 12.7. The third kappa shape index (κ3) is 4.00. The molecule has 8 nitrogen and oxygen atoms in total. The van der Waals surface area contributed by atoms with Gasteiger partial charge in [0.2, 0.25) is 4.96 Å². The normalized spacial score (nSPS) is 15.4. The molecule has 0 aliphatic carbocycles. The Morgan fingerprint density at radius 1 is 1.03 bits per heavy atom. The quantitative estimate of drug-likeness (QED) is 0.368. The van der Waals surface area contributed by atoms with Crippen molar-refractivity contribution in [2.24, 2.45) is 0 Å². The number of hydrogen-bond acceptors (Lipinski definition) is 7. The number of hydrogen-bond donors (Lipinski definition) is 0. The van der Waals surface area contributed by atoms with Crippen LogP contribution >= 0.6 is 22.9 Å². The highest BCUT2D eigenvalue weighted by Gasteiger charge is 2.26. The van der Waals surface area contributed by atoms with E-state index in [1.165, 1.54) is 11.3 Å². The summed E-state index contributed by atoms with van der Waals surface area (Å²) in [5, 5.41) is 15.9. The Bertz CT molecular complexity index is 1530. The summed E-state index contributed by atoms with van der Waals surface area (Å²) >= 11 is 7.67. The van der Waals surface area contributed by atoms with Gasteiger partial charge in [0.25, 0.3) is 5.56 Å². The Kier molecular flexibility index (Phi) is 5.60. The average Bonchev–Trinajstić information content (AvgIpc) is 3.46. The van der Waals surface area contributed by atoms with Gasteiger partial charge >= 0.3 is 0 Å². The van der Waals surface area contributed by atoms with Crippen molar-refractivity contribution in [3.63, 3.8) is 0 Å². The van der Waals surface area contributed by atoms with E-state index in [-0.39, 0.29) is 5.56 Å². The highest BCUT2D eigenvalue weighted by Crippen LogP contribution is 2.31. The van der Waals surface area contributed by atoms with Crippen LogP contribution in [0.4, 0.5) is 0 Å². The topological polar surface area (TPSA) is 81.2 Å². The van der Waals surface area contributed by atoms with Gasteiger partial charge in [0, 0.05) is 29.6 Å². The molecule has 1 aliphatic rings. The second-order valence-electron chi connectivity index (χ2n) is 8.55. The molecule has 0 spiro atoms. The summed E-state index contributed by atoms with van der Waals surface area (Å²) in [6.45, 7) is 3.34. The Balaban J connectivity index is 1.12. The van der Waals surface area contributed by atoms with Crippen molar-refractivity contribution in [3.05, 3.63) is 76.1 Å². The highest BCUT2D eigenvalue weighted by atomic mass is 35.5. The van der Waals surface area contributed by atoms with Gasteiger partial charge in [-0.05, 0) is 50.2 Å². The van der Waals surface area contributed by atoms with E-state index in [0.29, 0.717) is 22.9 Å². The molecule has 172 valence electrons. The van der Waals surface area contributed by atoms with Crippen molar-refractivity contribution in [1.29, 1.82) is 0 Å². The zero-order chi connectivity index (χ0) is 23.1. The summed E-state index contributed by atoms with van der Waals surface area (Å²) in [4.78, 5) is 20.4. The van der Waals surface area contributed by atoms with Crippen molar-refractivity contribution in [2.45, 2.75) is 25.3 Å². The molecular formula is C24H22ClN7OS. The number of benzene rings is 2. The molecule has 4 heterocycles. The van der Waals surface area contributed by atoms with Crippen LogP contribution in [0.1, 0.15) is 24.6 Å². The van der Waals surface area contributed by atoms with Gasteiger partial charge < -0.3 is 4.90 Å². The molecule has 0 amide bonds. The predicted molar refractivity (Wildman–Crippen MR) is 134 cm³/mol. The van der Waals surface area contributed by atoms with E-state index in [1.54, 1.807) is 10.9 Å². The second-order valence-corrected chi connectivity index (χ2v) is 9.94. The van der Waals surface area contributed by atoms with E-state index in [1.807, 2.05) is 53.0 Å². The van der Waals surface area contributed by atoms with Crippen LogP contribution in [0.25, 0.3) is 26.4 Å². The smallest absolute Gasteiger partial charge is 0.261 e. The number of para-hydroxylation sites is 1. The van der Waals surface area contributed by atoms with Gasteiger partial charge in [-0.1, -0.05) is 47.2 Å². The molecule has 3 aromatic heterocycles. The first-order valence-corrected chi connectivity index (χ1v) is 12.5. The molecule has 6 rings (SSSR count). The number of fused-ring (bicyclic) bond motifs is 2. The lowest BCUT2D eigenvalue weighted by Gasteiger charge is -2.30. The van der Waals surface area contributed by atoms with Gasteiger partial charge in [0.15, 0.2) is 5.82 Å². The number of piperidine rings is 1. The first kappa shape index (κ1) is 21.4. The lowest BCUT2D eigenvalue weighted by molar-refractivity contribution is 0.201. The Morgan fingerprint density at radius 2 is 1.88 bits per heavy atom. The molecular weight excluding hydrogens is 470 g/mol. The summed E-state index contributed by atoms with van der Waals surface area (Å²) in [6, 6.07) is 15.2. The summed E-state index contributed by atoms with van der Waals surface area (Å²) in [6.07, 6.45) is 3.62. The molecule has 1 aliphatic heterocycles. The van der Waals surface area contributed by atoms with Gasteiger partial charge in [0.1, 0.15) is 5.01 Å². The zero-order valence-electron chi connectivity index (χ0n) is 18.3. The number of rotatable bonds is 5. The monoisotopic (exact) mass is 491 g/mol. The molecule has 0 bridgehead atoms. The van der Waals surface area contributed by atoms with Crippen LogP contribution in [-0.4, -0.2) is 53.9 Å². The van der Waals surface area contributed by atoms with E-state index in [4.69, 9.17) is 16.7 Å². The Morgan fingerprint density at radius 3 is 2.74 bits per heavy atom. The summed E-state index contributed by atoms with van der Waals surface area (Å²) in [5.41, 5.74) is 1.75. The van der Waals surface area contributed by atoms with E-state index in [0.717, 1.165) is 59.3 Å². The van der Waals surface area contributed by atoms with Crippen LogP contribution < -0.4 is 5.56 Å². The van der Waals surface area contributed by atoms with Crippen molar-refractivity contribution in [3.8, 4) is 10.6 Å². The van der Waals surface area contributed by atoms with E-state index in [9.17, 15) is 4.79 Å². The van der Waals surface area contributed by atoms with Crippen LogP contribution in [0.5, 0.6) is 0 Å². The fourth-order valence-electron chi connectivity index (χ4n) is 4.55. The summed E-state index contributed by atoms with van der Waals surface area (Å²) in [7, 11) is 0. The molecule has 2 aromatic carbocycles. The van der Waals surface area contributed by atoms with Crippen LogP contribution in [-0.2, 0) is 6.54 Å². The number of nitrogens with zero attached hydrogens (tertiary/aromatic N) is 7. The fourth-order valence-corrected chi connectivity index (χ4v) is 5.59. The lowest BCUT2D eigenvalue weighted by atomic mass is 9.96. The van der Waals surface area contributed by atoms with E-state index in [2.05, 4.69) is 20.1 Å². The zero-order valence-corrected chi connectivity index (χ0v) is 19.9. The summed E-state index contributed by atoms with van der Waals surface area (Å²) < 4.78 is 3.60. The predicted octanol–water partition coefficient (Wildman–Crippen LogP) is 4.10. The van der Waals surface area contributed by atoms with E-state index >= 15 is 0 Å². The molecule has 0 atom stereocenters. The number of likely N-dealkylation sites (tertiary alicyclic amines) is 1. The van der Waals surface area contributed by atoms with Crippen LogP contribution in [0, 0.1) is 0 Å². The van der Waals surface area contributed by atoms with Gasteiger partial charge in [-0.25, -0.2) is 4.98 Å². The van der Waals surface area contributed by atoms with Crippen molar-refractivity contribution in [1.82, 2.24) is 34.3 Å². The Hall–Kier alpha value is -3.14. The van der Waals surface area contributed by atoms with E-state index < -0.39 is 0 Å². The fraction of sp³-hybridized carbons (Fsp3) is 0.292. The Labute approximate surface area is 204 Å². The summed E-state index contributed by atoms with van der Waals surface area (Å²) in [5.74, 6) is 1.24. The first-order valence-electron chi connectivity index (χ1n) is 11.3. The average molecular weight is 492 g/mol. The number of halogens is 1. The highest BCUT2D eigenvalue weighted by molar-refractivity contribution is 7.19. The molecule has 1 fully saturated rings. The third-order valence-electron chi connectivity index (χ3n) is 6.43.